The Kier molecular flexibility index (Phi) is 5.22. The van der Waals surface area contributed by atoms with E-state index < -0.39 is 0 Å². The van der Waals surface area contributed by atoms with Gasteiger partial charge in [0.2, 0.25) is 5.91 Å². The molecule has 0 aliphatic carbocycles. The summed E-state index contributed by atoms with van der Waals surface area (Å²) in [6.45, 7) is 7.39. The standard InChI is InChI=1S/C23H24ClN7O/c1-14-12-29(22-16(10-25)11-26-20-4-3-17(24)9-19(20)22)6-5-18(14)23(32)30-7-8-31-15(2)27-28-21(31)13-30/h3-4,9,11,14,18H,5-8,12-13H2,1-2H3/t14-,18+/m1/s1. The van der Waals surface area contributed by atoms with E-state index in [9.17, 15) is 10.1 Å². The second-order valence-electron chi connectivity index (χ2n) is 8.69. The molecule has 5 rings (SSSR count). The van der Waals surface area contributed by atoms with Gasteiger partial charge in [0.15, 0.2) is 5.82 Å². The smallest absolute Gasteiger partial charge is 0.226 e. The van der Waals surface area contributed by atoms with Crippen LogP contribution in [0.2, 0.25) is 5.02 Å². The Morgan fingerprint density at radius 3 is 2.88 bits per heavy atom. The van der Waals surface area contributed by atoms with Crippen LogP contribution in [-0.2, 0) is 17.9 Å². The Morgan fingerprint density at radius 2 is 2.09 bits per heavy atom. The van der Waals surface area contributed by atoms with E-state index in [1.165, 1.54) is 0 Å². The van der Waals surface area contributed by atoms with Gasteiger partial charge < -0.3 is 14.4 Å². The van der Waals surface area contributed by atoms with E-state index in [4.69, 9.17) is 11.6 Å². The Balaban J connectivity index is 1.37. The maximum atomic E-state index is 13.4. The molecule has 1 amide bonds. The van der Waals surface area contributed by atoms with Crippen LogP contribution in [0.5, 0.6) is 0 Å². The van der Waals surface area contributed by atoms with Gasteiger partial charge in [-0.2, -0.15) is 5.26 Å². The molecule has 0 N–H and O–H groups in total. The molecule has 4 heterocycles. The molecule has 164 valence electrons. The molecule has 1 fully saturated rings. The number of nitrogens with zero attached hydrogens (tertiary/aromatic N) is 7. The summed E-state index contributed by atoms with van der Waals surface area (Å²) in [6.07, 6.45) is 2.36. The van der Waals surface area contributed by atoms with E-state index in [0.29, 0.717) is 36.8 Å². The minimum atomic E-state index is -0.0518. The second-order valence-corrected chi connectivity index (χ2v) is 9.12. The van der Waals surface area contributed by atoms with E-state index in [0.717, 1.165) is 41.2 Å². The number of hydrogen-bond donors (Lipinski definition) is 0. The van der Waals surface area contributed by atoms with Gasteiger partial charge in [-0.3, -0.25) is 9.78 Å². The highest BCUT2D eigenvalue weighted by molar-refractivity contribution is 6.31. The summed E-state index contributed by atoms with van der Waals surface area (Å²) in [5, 5.41) is 19.6. The van der Waals surface area contributed by atoms with Crippen molar-refractivity contribution in [3.05, 3.63) is 46.6 Å². The third-order valence-electron chi connectivity index (χ3n) is 6.71. The molecule has 2 aliphatic heterocycles. The Labute approximate surface area is 191 Å². The minimum Gasteiger partial charge on any atom is -0.370 e. The third kappa shape index (κ3) is 3.47. The quantitative estimate of drug-likeness (QED) is 0.596. The van der Waals surface area contributed by atoms with Gasteiger partial charge in [-0.25, -0.2) is 0 Å². The van der Waals surface area contributed by atoms with Crippen molar-refractivity contribution in [2.24, 2.45) is 11.8 Å². The zero-order valence-corrected chi connectivity index (χ0v) is 18.9. The monoisotopic (exact) mass is 449 g/mol. The summed E-state index contributed by atoms with van der Waals surface area (Å²) in [5.74, 6) is 2.03. The van der Waals surface area contributed by atoms with E-state index in [1.54, 1.807) is 12.3 Å². The van der Waals surface area contributed by atoms with Crippen LogP contribution in [0.1, 0.15) is 30.6 Å². The highest BCUT2D eigenvalue weighted by Gasteiger charge is 2.36. The molecule has 8 nitrogen and oxygen atoms in total. The lowest BCUT2D eigenvalue weighted by Crippen LogP contribution is -2.49. The predicted octanol–water partition coefficient (Wildman–Crippen LogP) is 3.16. The van der Waals surface area contributed by atoms with Gasteiger partial charge in [0.1, 0.15) is 11.9 Å². The number of anilines is 1. The van der Waals surface area contributed by atoms with Crippen molar-refractivity contribution in [1.29, 1.82) is 5.26 Å². The van der Waals surface area contributed by atoms with Crippen LogP contribution in [0.25, 0.3) is 10.9 Å². The van der Waals surface area contributed by atoms with Crippen molar-refractivity contribution in [3.8, 4) is 6.07 Å². The lowest BCUT2D eigenvalue weighted by atomic mass is 9.85. The fourth-order valence-electron chi connectivity index (χ4n) is 5.01. The topological polar surface area (TPSA) is 90.9 Å². The Bertz CT molecular complexity index is 1250. The number of aryl methyl sites for hydroxylation is 1. The number of halogens is 1. The average Bonchev–Trinajstić information content (AvgIpc) is 3.17. The zero-order valence-electron chi connectivity index (χ0n) is 18.1. The summed E-state index contributed by atoms with van der Waals surface area (Å²) in [6, 6.07) is 7.83. The summed E-state index contributed by atoms with van der Waals surface area (Å²) in [4.78, 5) is 21.9. The van der Waals surface area contributed by atoms with Crippen LogP contribution in [0.3, 0.4) is 0 Å². The van der Waals surface area contributed by atoms with Gasteiger partial charge in [0, 0.05) is 48.7 Å². The average molecular weight is 450 g/mol. The molecule has 2 aliphatic rings. The van der Waals surface area contributed by atoms with Gasteiger partial charge in [-0.1, -0.05) is 18.5 Å². The van der Waals surface area contributed by atoms with Gasteiger partial charge in [-0.05, 0) is 37.5 Å². The molecule has 0 saturated carbocycles. The second kappa shape index (κ2) is 8.06. The Hall–Kier alpha value is -3.18. The van der Waals surface area contributed by atoms with Gasteiger partial charge in [0.05, 0.1) is 23.3 Å². The molecule has 3 aromatic rings. The van der Waals surface area contributed by atoms with Crippen LogP contribution in [0.15, 0.2) is 24.4 Å². The number of carbonyl (C=O) groups is 1. The highest BCUT2D eigenvalue weighted by atomic mass is 35.5. The third-order valence-corrected chi connectivity index (χ3v) is 6.95. The molecule has 2 aromatic heterocycles. The molecule has 2 atom stereocenters. The summed E-state index contributed by atoms with van der Waals surface area (Å²) in [5.41, 5.74) is 2.20. The molecule has 0 unspecified atom stereocenters. The number of pyridine rings is 1. The first-order chi connectivity index (χ1) is 15.5. The predicted molar refractivity (Wildman–Crippen MR) is 121 cm³/mol. The molecule has 32 heavy (non-hydrogen) atoms. The molecule has 0 bridgehead atoms. The number of hydrogen-bond acceptors (Lipinski definition) is 6. The number of piperidine rings is 1. The fraction of sp³-hybridized carbons (Fsp3) is 0.435. The number of nitriles is 1. The maximum absolute atomic E-state index is 13.4. The Morgan fingerprint density at radius 1 is 1.25 bits per heavy atom. The molecular formula is C23H24ClN7O. The normalized spacial score (nSPS) is 20.8. The summed E-state index contributed by atoms with van der Waals surface area (Å²) in [7, 11) is 0. The van der Waals surface area contributed by atoms with Crippen LogP contribution >= 0.6 is 11.6 Å². The van der Waals surface area contributed by atoms with E-state index in [2.05, 4.69) is 37.6 Å². The molecule has 1 aromatic carbocycles. The zero-order chi connectivity index (χ0) is 22.4. The van der Waals surface area contributed by atoms with Crippen molar-refractivity contribution in [2.45, 2.75) is 33.4 Å². The van der Waals surface area contributed by atoms with Gasteiger partial charge in [-0.15, -0.1) is 10.2 Å². The molecule has 0 radical (unpaired) electrons. The number of aromatic nitrogens is 4. The molecular weight excluding hydrogens is 426 g/mol. The van der Waals surface area contributed by atoms with Crippen molar-refractivity contribution in [2.75, 3.05) is 24.5 Å². The molecule has 0 spiro atoms. The first-order valence-electron chi connectivity index (χ1n) is 10.9. The number of benzene rings is 1. The van der Waals surface area contributed by atoms with Gasteiger partial charge >= 0.3 is 0 Å². The SMILES string of the molecule is Cc1nnc2n1CCN(C(=O)[C@H]1CCN(c3c(C#N)cnc4ccc(Cl)cc34)C[C@H]1C)C2. The van der Waals surface area contributed by atoms with Gasteiger partial charge in [0.25, 0.3) is 0 Å². The summed E-state index contributed by atoms with van der Waals surface area (Å²) < 4.78 is 2.08. The van der Waals surface area contributed by atoms with E-state index in [-0.39, 0.29) is 17.7 Å². The van der Waals surface area contributed by atoms with E-state index in [1.807, 2.05) is 24.0 Å². The van der Waals surface area contributed by atoms with Crippen molar-refractivity contribution in [3.63, 3.8) is 0 Å². The van der Waals surface area contributed by atoms with Crippen molar-refractivity contribution in [1.82, 2.24) is 24.6 Å². The van der Waals surface area contributed by atoms with Crippen LogP contribution in [0.4, 0.5) is 5.69 Å². The van der Waals surface area contributed by atoms with Crippen molar-refractivity contribution >= 4 is 34.1 Å². The first kappa shape index (κ1) is 20.7. The lowest BCUT2D eigenvalue weighted by molar-refractivity contribution is -0.139. The number of carbonyl (C=O) groups excluding carboxylic acids is 1. The lowest BCUT2D eigenvalue weighted by Gasteiger charge is -2.40. The van der Waals surface area contributed by atoms with Crippen LogP contribution in [0, 0.1) is 30.1 Å². The molecule has 1 saturated heterocycles. The maximum Gasteiger partial charge on any atom is 0.226 e. The first-order valence-corrected chi connectivity index (χ1v) is 11.2. The number of fused-ring (bicyclic) bond motifs is 2. The molecule has 9 heteroatoms. The number of rotatable bonds is 2. The van der Waals surface area contributed by atoms with Crippen molar-refractivity contribution < 1.29 is 4.79 Å². The van der Waals surface area contributed by atoms with Crippen LogP contribution < -0.4 is 4.90 Å². The largest absolute Gasteiger partial charge is 0.370 e. The van der Waals surface area contributed by atoms with Crippen LogP contribution in [-0.4, -0.2) is 50.2 Å². The minimum absolute atomic E-state index is 0.0518. The fourth-order valence-corrected chi connectivity index (χ4v) is 5.19. The van der Waals surface area contributed by atoms with E-state index >= 15 is 0 Å². The summed E-state index contributed by atoms with van der Waals surface area (Å²) >= 11 is 6.25. The number of amides is 1. The highest BCUT2D eigenvalue weighted by Crippen LogP contribution is 2.36.